The molecule has 2 rings (SSSR count). The minimum Gasteiger partial charge on any atom is -0.382 e. The van der Waals surface area contributed by atoms with Crippen molar-refractivity contribution in [3.8, 4) is 0 Å². The third-order valence-corrected chi connectivity index (χ3v) is 4.72. The summed E-state index contributed by atoms with van der Waals surface area (Å²) in [4.78, 5) is 4.73. The molecular formula is C21H32N4. The summed E-state index contributed by atoms with van der Waals surface area (Å²) >= 11 is 0. The SMILES string of the molecule is CCC(CC)Nc1cc(C)nc(Nc2c(C)cc(C)cc2C)c1CN. The quantitative estimate of drug-likeness (QED) is 0.655. The molecule has 25 heavy (non-hydrogen) atoms. The van der Waals surface area contributed by atoms with Crippen molar-refractivity contribution in [1.82, 2.24) is 4.98 Å². The van der Waals surface area contributed by atoms with Crippen LogP contribution >= 0.6 is 0 Å². The molecule has 4 N–H and O–H groups in total. The van der Waals surface area contributed by atoms with Gasteiger partial charge < -0.3 is 16.4 Å². The lowest BCUT2D eigenvalue weighted by Gasteiger charge is -2.22. The molecule has 0 saturated heterocycles. The van der Waals surface area contributed by atoms with Gasteiger partial charge in [-0.1, -0.05) is 31.5 Å². The lowest BCUT2D eigenvalue weighted by molar-refractivity contribution is 0.670. The number of pyridine rings is 1. The van der Waals surface area contributed by atoms with Crippen molar-refractivity contribution >= 4 is 17.2 Å². The third-order valence-electron chi connectivity index (χ3n) is 4.72. The second-order valence-electron chi connectivity index (χ2n) is 6.90. The summed E-state index contributed by atoms with van der Waals surface area (Å²) in [5, 5.41) is 7.19. The zero-order valence-corrected chi connectivity index (χ0v) is 16.5. The number of nitrogens with one attached hydrogen (secondary N) is 2. The molecule has 4 heteroatoms. The molecule has 4 nitrogen and oxygen atoms in total. The van der Waals surface area contributed by atoms with Gasteiger partial charge >= 0.3 is 0 Å². The molecule has 0 spiro atoms. The average Bonchev–Trinajstić information content (AvgIpc) is 2.55. The number of hydrogen-bond donors (Lipinski definition) is 3. The normalized spacial score (nSPS) is 11.0. The van der Waals surface area contributed by atoms with Crippen molar-refractivity contribution in [1.29, 1.82) is 0 Å². The Morgan fingerprint density at radius 1 is 1.00 bits per heavy atom. The summed E-state index contributed by atoms with van der Waals surface area (Å²) in [6, 6.07) is 6.93. The van der Waals surface area contributed by atoms with Crippen molar-refractivity contribution < 1.29 is 0 Å². The van der Waals surface area contributed by atoms with Crippen LogP contribution in [-0.4, -0.2) is 11.0 Å². The summed E-state index contributed by atoms with van der Waals surface area (Å²) in [7, 11) is 0. The zero-order valence-electron chi connectivity index (χ0n) is 16.5. The van der Waals surface area contributed by atoms with E-state index in [1.807, 2.05) is 6.92 Å². The van der Waals surface area contributed by atoms with Crippen LogP contribution in [0.1, 0.15) is 54.6 Å². The highest BCUT2D eigenvalue weighted by Crippen LogP contribution is 2.31. The van der Waals surface area contributed by atoms with Crippen LogP contribution in [0.3, 0.4) is 0 Å². The van der Waals surface area contributed by atoms with E-state index in [-0.39, 0.29) is 0 Å². The van der Waals surface area contributed by atoms with E-state index in [1.54, 1.807) is 0 Å². The summed E-state index contributed by atoms with van der Waals surface area (Å²) < 4.78 is 0. The summed E-state index contributed by atoms with van der Waals surface area (Å²) in [5.74, 6) is 0.853. The maximum atomic E-state index is 6.09. The first-order valence-corrected chi connectivity index (χ1v) is 9.21. The summed E-state index contributed by atoms with van der Waals surface area (Å²) in [6.07, 6.45) is 2.17. The van der Waals surface area contributed by atoms with Crippen molar-refractivity contribution in [2.45, 2.75) is 67.0 Å². The van der Waals surface area contributed by atoms with Crippen LogP contribution in [0.4, 0.5) is 17.2 Å². The molecule has 0 saturated carbocycles. The molecule has 0 aliphatic rings. The number of nitrogens with two attached hydrogens (primary N) is 1. The topological polar surface area (TPSA) is 63.0 Å². The van der Waals surface area contributed by atoms with Crippen molar-refractivity contribution in [3.63, 3.8) is 0 Å². The molecule has 0 atom stereocenters. The molecular weight excluding hydrogens is 308 g/mol. The lowest BCUT2D eigenvalue weighted by Crippen LogP contribution is -2.20. The van der Waals surface area contributed by atoms with Crippen LogP contribution < -0.4 is 16.4 Å². The standard InChI is InChI=1S/C21H32N4/c1-7-17(8-2)24-19-11-16(6)23-21(18(19)12-22)25-20-14(4)9-13(3)10-15(20)5/h9-11,17H,7-8,12,22H2,1-6H3,(H2,23,24,25). The maximum absolute atomic E-state index is 6.09. The Morgan fingerprint density at radius 3 is 2.12 bits per heavy atom. The van der Waals surface area contributed by atoms with Crippen molar-refractivity contribution in [2.24, 2.45) is 5.73 Å². The molecule has 1 aromatic heterocycles. The van der Waals surface area contributed by atoms with E-state index < -0.39 is 0 Å². The number of hydrogen-bond acceptors (Lipinski definition) is 4. The first-order chi connectivity index (χ1) is 11.9. The molecule has 0 aliphatic carbocycles. The molecule has 0 fully saturated rings. The minimum absolute atomic E-state index is 0.446. The number of anilines is 3. The number of aromatic nitrogens is 1. The second kappa shape index (κ2) is 8.34. The van der Waals surface area contributed by atoms with E-state index in [9.17, 15) is 0 Å². The van der Waals surface area contributed by atoms with E-state index in [1.165, 1.54) is 16.7 Å². The molecule has 1 aromatic carbocycles. The van der Waals surface area contributed by atoms with E-state index in [0.717, 1.165) is 41.3 Å². The molecule has 2 aromatic rings. The highest BCUT2D eigenvalue weighted by atomic mass is 15.0. The minimum atomic E-state index is 0.446. The van der Waals surface area contributed by atoms with E-state index in [4.69, 9.17) is 10.7 Å². The first-order valence-electron chi connectivity index (χ1n) is 9.21. The lowest BCUT2D eigenvalue weighted by atomic mass is 10.0. The number of aryl methyl sites for hydroxylation is 4. The van der Waals surface area contributed by atoms with Gasteiger partial charge in [-0.05, 0) is 57.7 Å². The van der Waals surface area contributed by atoms with Gasteiger partial charge in [0.25, 0.3) is 0 Å². The fourth-order valence-corrected chi connectivity index (χ4v) is 3.35. The summed E-state index contributed by atoms with van der Waals surface area (Å²) in [5.41, 5.74) is 14.0. The monoisotopic (exact) mass is 340 g/mol. The Labute approximate surface area is 152 Å². The van der Waals surface area contributed by atoms with E-state index >= 15 is 0 Å². The van der Waals surface area contributed by atoms with E-state index in [0.29, 0.717) is 12.6 Å². The average molecular weight is 341 g/mol. The first kappa shape index (κ1) is 19.3. The van der Waals surface area contributed by atoms with Crippen LogP contribution in [0.15, 0.2) is 18.2 Å². The molecule has 0 bridgehead atoms. The van der Waals surface area contributed by atoms with Gasteiger partial charge in [0, 0.05) is 35.2 Å². The molecule has 136 valence electrons. The van der Waals surface area contributed by atoms with Gasteiger partial charge in [0.2, 0.25) is 0 Å². The van der Waals surface area contributed by atoms with Gasteiger partial charge in [0.1, 0.15) is 5.82 Å². The second-order valence-corrected chi connectivity index (χ2v) is 6.90. The zero-order chi connectivity index (χ0) is 18.6. The van der Waals surface area contributed by atoms with Crippen molar-refractivity contribution in [3.05, 3.63) is 46.1 Å². The van der Waals surface area contributed by atoms with Crippen LogP contribution in [0, 0.1) is 27.7 Å². The number of rotatable bonds is 7. The predicted molar refractivity (Wildman–Crippen MR) is 109 cm³/mol. The summed E-state index contributed by atoms with van der Waals surface area (Å²) in [6.45, 7) is 13.3. The molecule has 0 unspecified atom stereocenters. The number of nitrogens with zero attached hydrogens (tertiary/aromatic N) is 1. The largest absolute Gasteiger partial charge is 0.382 e. The Bertz CT molecular complexity index is 710. The van der Waals surface area contributed by atoms with Gasteiger partial charge in [0.05, 0.1) is 0 Å². The van der Waals surface area contributed by atoms with Gasteiger partial charge in [-0.15, -0.1) is 0 Å². The number of benzene rings is 1. The highest BCUT2D eigenvalue weighted by molar-refractivity contribution is 5.72. The third kappa shape index (κ3) is 4.51. The van der Waals surface area contributed by atoms with Crippen LogP contribution in [-0.2, 0) is 6.54 Å². The highest BCUT2D eigenvalue weighted by Gasteiger charge is 2.15. The predicted octanol–water partition coefficient (Wildman–Crippen LogP) is 5.12. The Balaban J connectivity index is 2.46. The van der Waals surface area contributed by atoms with Crippen LogP contribution in [0.2, 0.25) is 0 Å². The van der Waals surface area contributed by atoms with Crippen molar-refractivity contribution in [2.75, 3.05) is 10.6 Å². The molecule has 0 aliphatic heterocycles. The smallest absolute Gasteiger partial charge is 0.137 e. The molecule has 0 amide bonds. The van der Waals surface area contributed by atoms with Gasteiger partial charge in [-0.3, -0.25) is 0 Å². The van der Waals surface area contributed by atoms with Gasteiger partial charge in [-0.25, -0.2) is 4.98 Å². The molecule has 1 heterocycles. The Hall–Kier alpha value is -2.07. The van der Waals surface area contributed by atoms with E-state index in [2.05, 4.69) is 63.5 Å². The van der Waals surface area contributed by atoms with Crippen LogP contribution in [0.25, 0.3) is 0 Å². The van der Waals surface area contributed by atoms with Crippen LogP contribution in [0.5, 0.6) is 0 Å². The maximum Gasteiger partial charge on any atom is 0.137 e. The fraction of sp³-hybridized carbons (Fsp3) is 0.476. The van der Waals surface area contributed by atoms with Gasteiger partial charge in [-0.2, -0.15) is 0 Å². The fourth-order valence-electron chi connectivity index (χ4n) is 3.35. The van der Waals surface area contributed by atoms with Gasteiger partial charge in [0.15, 0.2) is 0 Å². The Morgan fingerprint density at radius 2 is 1.60 bits per heavy atom. The Kier molecular flexibility index (Phi) is 6.43. The molecule has 0 radical (unpaired) electrons.